The minimum Gasteiger partial charge on any atom is -0.295 e. The molecule has 0 unspecified atom stereocenters. The Hall–Kier alpha value is -3.46. The summed E-state index contributed by atoms with van der Waals surface area (Å²) in [5.41, 5.74) is 2.21. The van der Waals surface area contributed by atoms with Crippen LogP contribution in [0.3, 0.4) is 0 Å². The largest absolute Gasteiger partial charge is 0.397 e. The fourth-order valence-electron chi connectivity index (χ4n) is 2.51. The number of benzene rings is 2. The number of nitrogens with zero attached hydrogens (tertiary/aromatic N) is 5. The number of carbonyl (C=O) groups excluding carboxylic acids is 1. The van der Waals surface area contributed by atoms with E-state index < -0.39 is 0 Å². The molecular formula is C18H16N5O+. The molecular weight excluding hydrogens is 302 g/mol. The number of hydrogen-bond acceptors (Lipinski definition) is 3. The van der Waals surface area contributed by atoms with Crippen molar-refractivity contribution in [3.8, 4) is 5.69 Å². The molecule has 0 aliphatic rings. The van der Waals surface area contributed by atoms with E-state index in [4.69, 9.17) is 5.39 Å². The van der Waals surface area contributed by atoms with Crippen LogP contribution < -0.4 is 4.90 Å². The first-order valence-corrected chi connectivity index (χ1v) is 7.46. The summed E-state index contributed by atoms with van der Waals surface area (Å²) < 4.78 is 1.71. The Bertz CT molecular complexity index is 924. The first kappa shape index (κ1) is 15.4. The number of anilines is 1. The van der Waals surface area contributed by atoms with E-state index in [1.165, 1.54) is 4.90 Å². The number of aromatic nitrogens is 2. The Morgan fingerprint density at radius 2 is 1.79 bits per heavy atom. The van der Waals surface area contributed by atoms with Crippen molar-refractivity contribution in [2.75, 3.05) is 11.9 Å². The van der Waals surface area contributed by atoms with Gasteiger partial charge in [-0.05, 0) is 25.1 Å². The fourth-order valence-corrected chi connectivity index (χ4v) is 2.51. The molecule has 0 N–H and O–H groups in total. The second-order valence-corrected chi connectivity index (χ2v) is 5.37. The maximum atomic E-state index is 12.8. The summed E-state index contributed by atoms with van der Waals surface area (Å²) in [7, 11) is 1.67. The van der Waals surface area contributed by atoms with Gasteiger partial charge in [0.25, 0.3) is 5.91 Å². The third-order valence-corrected chi connectivity index (χ3v) is 3.70. The quantitative estimate of drug-likeness (QED) is 0.687. The normalized spacial score (nSPS) is 10.2. The first-order valence-electron chi connectivity index (χ1n) is 7.46. The molecule has 6 nitrogen and oxygen atoms in total. The molecule has 1 amide bonds. The van der Waals surface area contributed by atoms with Crippen LogP contribution in [0.4, 0.5) is 11.5 Å². The van der Waals surface area contributed by atoms with Gasteiger partial charge in [0.05, 0.1) is 11.4 Å². The second-order valence-electron chi connectivity index (χ2n) is 5.37. The molecule has 1 aromatic heterocycles. The molecule has 0 radical (unpaired) electrons. The molecule has 0 saturated heterocycles. The van der Waals surface area contributed by atoms with Crippen molar-refractivity contribution in [1.82, 2.24) is 9.78 Å². The van der Waals surface area contributed by atoms with Gasteiger partial charge in [-0.25, -0.2) is 4.68 Å². The molecule has 2 aromatic carbocycles. The van der Waals surface area contributed by atoms with Crippen LogP contribution in [-0.2, 0) is 0 Å². The van der Waals surface area contributed by atoms with Crippen molar-refractivity contribution in [2.24, 2.45) is 0 Å². The number of hydrogen-bond donors (Lipinski definition) is 0. The van der Waals surface area contributed by atoms with Gasteiger partial charge < -0.3 is 0 Å². The lowest BCUT2D eigenvalue weighted by molar-refractivity contribution is 0.0992. The molecule has 3 rings (SSSR count). The fraction of sp³-hybridized carbons (Fsp3) is 0.111. The number of diazo groups is 1. The van der Waals surface area contributed by atoms with Crippen LogP contribution in [0.5, 0.6) is 0 Å². The van der Waals surface area contributed by atoms with Gasteiger partial charge in [0.2, 0.25) is 5.39 Å². The van der Waals surface area contributed by atoms with Crippen LogP contribution in [0.2, 0.25) is 0 Å². The average molecular weight is 318 g/mol. The Kier molecular flexibility index (Phi) is 4.08. The Morgan fingerprint density at radius 3 is 2.50 bits per heavy atom. The van der Waals surface area contributed by atoms with E-state index in [1.54, 1.807) is 36.0 Å². The van der Waals surface area contributed by atoms with Crippen molar-refractivity contribution in [3.63, 3.8) is 0 Å². The Balaban J connectivity index is 2.04. The highest BCUT2D eigenvalue weighted by Gasteiger charge is 2.25. The lowest BCUT2D eigenvalue weighted by Gasteiger charge is -2.18. The minimum absolute atomic E-state index is 0.233. The van der Waals surface area contributed by atoms with Crippen molar-refractivity contribution in [2.45, 2.75) is 6.92 Å². The Morgan fingerprint density at radius 1 is 1.12 bits per heavy atom. The number of amides is 1. The minimum atomic E-state index is -0.277. The maximum absolute atomic E-state index is 12.8. The van der Waals surface area contributed by atoms with Crippen molar-refractivity contribution < 1.29 is 4.79 Å². The monoisotopic (exact) mass is 318 g/mol. The average Bonchev–Trinajstić information content (AvgIpc) is 3.03. The third kappa shape index (κ3) is 2.75. The summed E-state index contributed by atoms with van der Waals surface area (Å²) in [5.74, 6) is 0.358. The van der Waals surface area contributed by atoms with Crippen molar-refractivity contribution in [1.29, 1.82) is 5.39 Å². The molecule has 1 heterocycles. The number of rotatable bonds is 3. The molecule has 0 bridgehead atoms. The van der Waals surface area contributed by atoms with Crippen LogP contribution in [0.25, 0.3) is 10.7 Å². The highest BCUT2D eigenvalue weighted by molar-refractivity contribution is 6.09. The molecule has 0 aliphatic heterocycles. The van der Waals surface area contributed by atoms with Crippen molar-refractivity contribution in [3.05, 3.63) is 76.9 Å². The summed E-state index contributed by atoms with van der Waals surface area (Å²) in [4.78, 5) is 17.5. The van der Waals surface area contributed by atoms with Crippen LogP contribution in [0.1, 0.15) is 16.1 Å². The zero-order valence-electron chi connectivity index (χ0n) is 13.4. The van der Waals surface area contributed by atoms with Gasteiger partial charge in [-0.15, -0.1) is 0 Å². The standard InChI is InChI=1S/C18H16N5O/c1-13-12-17(23(21-13)14-8-4-3-5-9-14)22(2)18(24)15-10-6-7-11-16(15)20-19/h3-12H,1-2H3/q+1. The van der Waals surface area contributed by atoms with Gasteiger partial charge >= 0.3 is 5.69 Å². The van der Waals surface area contributed by atoms with E-state index in [9.17, 15) is 4.79 Å². The summed E-state index contributed by atoms with van der Waals surface area (Å²) in [6, 6.07) is 18.1. The summed E-state index contributed by atoms with van der Waals surface area (Å²) in [5, 5.41) is 13.6. The number of para-hydroxylation sites is 1. The Labute approximate surface area is 139 Å². The first-order chi connectivity index (χ1) is 11.6. The molecule has 6 heteroatoms. The molecule has 118 valence electrons. The van der Waals surface area contributed by atoms with Gasteiger partial charge in [-0.1, -0.05) is 30.3 Å². The third-order valence-electron chi connectivity index (χ3n) is 3.70. The summed E-state index contributed by atoms with van der Waals surface area (Å²) >= 11 is 0. The molecule has 0 atom stereocenters. The van der Waals surface area contributed by atoms with Crippen LogP contribution in [0, 0.1) is 12.3 Å². The zero-order chi connectivity index (χ0) is 17.1. The predicted molar refractivity (Wildman–Crippen MR) is 92.2 cm³/mol. The topological polar surface area (TPSA) is 66.3 Å². The number of aryl methyl sites for hydroxylation is 1. The number of carbonyl (C=O) groups is 1. The zero-order valence-corrected chi connectivity index (χ0v) is 13.4. The SMILES string of the molecule is Cc1cc(N(C)C(=O)c2ccccc2[N+]#N)n(-c2ccccc2)n1. The molecule has 0 saturated carbocycles. The smallest absolute Gasteiger partial charge is 0.295 e. The molecule has 3 aromatic rings. The van der Waals surface area contributed by atoms with Gasteiger partial charge in [0.15, 0.2) is 4.98 Å². The summed E-state index contributed by atoms with van der Waals surface area (Å²) in [6.07, 6.45) is 0. The van der Waals surface area contributed by atoms with E-state index in [1.807, 2.05) is 43.3 Å². The predicted octanol–water partition coefficient (Wildman–Crippen LogP) is 3.94. The highest BCUT2D eigenvalue weighted by atomic mass is 16.2. The lowest BCUT2D eigenvalue weighted by Crippen LogP contribution is -2.28. The van der Waals surface area contributed by atoms with Crippen LogP contribution in [0.15, 0.2) is 60.7 Å². The summed E-state index contributed by atoms with van der Waals surface area (Å²) in [6.45, 7) is 1.87. The second kappa shape index (κ2) is 6.34. The molecule has 24 heavy (non-hydrogen) atoms. The van der Waals surface area contributed by atoms with E-state index in [0.29, 0.717) is 11.4 Å². The van der Waals surface area contributed by atoms with Crippen LogP contribution in [-0.4, -0.2) is 22.7 Å². The lowest BCUT2D eigenvalue weighted by atomic mass is 10.1. The maximum Gasteiger partial charge on any atom is 0.397 e. The van der Waals surface area contributed by atoms with Gasteiger partial charge in [-0.2, -0.15) is 5.10 Å². The van der Waals surface area contributed by atoms with E-state index in [0.717, 1.165) is 11.4 Å². The van der Waals surface area contributed by atoms with E-state index >= 15 is 0 Å². The van der Waals surface area contributed by atoms with E-state index in [-0.39, 0.29) is 11.6 Å². The van der Waals surface area contributed by atoms with Gasteiger partial charge in [-0.3, -0.25) is 9.69 Å². The molecule has 0 aliphatic carbocycles. The molecule has 0 fully saturated rings. The van der Waals surface area contributed by atoms with Crippen molar-refractivity contribution >= 4 is 17.4 Å². The highest BCUT2D eigenvalue weighted by Crippen LogP contribution is 2.25. The van der Waals surface area contributed by atoms with E-state index in [2.05, 4.69) is 10.1 Å². The molecule has 0 spiro atoms. The van der Waals surface area contributed by atoms with Crippen LogP contribution >= 0.6 is 0 Å². The van der Waals surface area contributed by atoms with Gasteiger partial charge in [0.1, 0.15) is 11.4 Å². The van der Waals surface area contributed by atoms with Gasteiger partial charge in [0, 0.05) is 19.2 Å².